The minimum atomic E-state index is 0.201. The smallest absolute Gasteiger partial charge is 0.221 e. The van der Waals surface area contributed by atoms with E-state index < -0.39 is 0 Å². The molecule has 1 rings (SSSR count). The standard InChI is InChI=1S/C13H26N2O/c1-10(2)6-8-15-13(16)9-12-11(3)5-4-7-14-12/h10-12,14H,4-9H2,1-3H3,(H,15,16). The lowest BCUT2D eigenvalue weighted by Gasteiger charge is -2.29. The van der Waals surface area contributed by atoms with Gasteiger partial charge in [0.1, 0.15) is 0 Å². The third kappa shape index (κ3) is 4.97. The molecule has 0 bridgehead atoms. The van der Waals surface area contributed by atoms with Crippen molar-refractivity contribution in [2.24, 2.45) is 11.8 Å². The number of rotatable bonds is 5. The molecule has 2 atom stereocenters. The second-order valence-electron chi connectivity index (χ2n) is 5.42. The maximum Gasteiger partial charge on any atom is 0.221 e. The zero-order chi connectivity index (χ0) is 12.0. The molecule has 0 radical (unpaired) electrons. The lowest BCUT2D eigenvalue weighted by Crippen LogP contribution is -2.43. The topological polar surface area (TPSA) is 41.1 Å². The second-order valence-corrected chi connectivity index (χ2v) is 5.42. The van der Waals surface area contributed by atoms with Gasteiger partial charge in [-0.25, -0.2) is 0 Å². The van der Waals surface area contributed by atoms with Gasteiger partial charge in [0, 0.05) is 19.0 Å². The molecule has 2 N–H and O–H groups in total. The highest BCUT2D eigenvalue weighted by atomic mass is 16.1. The summed E-state index contributed by atoms with van der Waals surface area (Å²) in [4.78, 5) is 11.7. The van der Waals surface area contributed by atoms with E-state index in [2.05, 4.69) is 31.4 Å². The first-order chi connectivity index (χ1) is 7.59. The number of hydrogen-bond acceptors (Lipinski definition) is 2. The van der Waals surface area contributed by atoms with E-state index in [1.54, 1.807) is 0 Å². The summed E-state index contributed by atoms with van der Waals surface area (Å²) in [5, 5.41) is 6.44. The minimum absolute atomic E-state index is 0.201. The van der Waals surface area contributed by atoms with Crippen LogP contribution in [-0.4, -0.2) is 25.0 Å². The van der Waals surface area contributed by atoms with Crippen LogP contribution < -0.4 is 10.6 Å². The molecule has 1 amide bonds. The van der Waals surface area contributed by atoms with Gasteiger partial charge in [-0.3, -0.25) is 4.79 Å². The van der Waals surface area contributed by atoms with Crippen LogP contribution in [0.2, 0.25) is 0 Å². The maximum atomic E-state index is 11.7. The van der Waals surface area contributed by atoms with Crippen molar-refractivity contribution < 1.29 is 4.79 Å². The minimum Gasteiger partial charge on any atom is -0.356 e. The summed E-state index contributed by atoms with van der Waals surface area (Å²) in [6.07, 6.45) is 4.20. The van der Waals surface area contributed by atoms with Gasteiger partial charge in [-0.1, -0.05) is 20.8 Å². The van der Waals surface area contributed by atoms with E-state index in [1.165, 1.54) is 12.8 Å². The normalized spacial score (nSPS) is 25.8. The summed E-state index contributed by atoms with van der Waals surface area (Å²) in [6, 6.07) is 0.382. The van der Waals surface area contributed by atoms with Gasteiger partial charge in [0.15, 0.2) is 0 Å². The van der Waals surface area contributed by atoms with Crippen molar-refractivity contribution in [1.82, 2.24) is 10.6 Å². The predicted molar refractivity (Wildman–Crippen MR) is 67.3 cm³/mol. The molecule has 16 heavy (non-hydrogen) atoms. The first-order valence-electron chi connectivity index (χ1n) is 6.59. The summed E-state index contributed by atoms with van der Waals surface area (Å²) in [5.74, 6) is 1.49. The van der Waals surface area contributed by atoms with Gasteiger partial charge in [-0.05, 0) is 37.6 Å². The first kappa shape index (κ1) is 13.5. The largest absolute Gasteiger partial charge is 0.356 e. The molecule has 3 heteroatoms. The van der Waals surface area contributed by atoms with E-state index in [4.69, 9.17) is 0 Å². The SMILES string of the molecule is CC(C)CCNC(=O)CC1NCCCC1C. The Labute approximate surface area is 99.4 Å². The van der Waals surface area contributed by atoms with Crippen molar-refractivity contribution in [2.75, 3.05) is 13.1 Å². The number of hydrogen-bond donors (Lipinski definition) is 2. The van der Waals surface area contributed by atoms with E-state index in [0.29, 0.717) is 24.3 Å². The summed E-state index contributed by atoms with van der Waals surface area (Å²) >= 11 is 0. The highest BCUT2D eigenvalue weighted by Crippen LogP contribution is 2.17. The third-order valence-electron chi connectivity index (χ3n) is 3.38. The maximum absolute atomic E-state index is 11.7. The quantitative estimate of drug-likeness (QED) is 0.752. The Hall–Kier alpha value is -0.570. The Morgan fingerprint density at radius 1 is 1.50 bits per heavy atom. The lowest BCUT2D eigenvalue weighted by molar-refractivity contribution is -0.122. The number of carbonyl (C=O) groups excluding carboxylic acids is 1. The monoisotopic (exact) mass is 226 g/mol. The van der Waals surface area contributed by atoms with Crippen LogP contribution in [0.3, 0.4) is 0 Å². The summed E-state index contributed by atoms with van der Waals surface area (Å²) in [5.41, 5.74) is 0. The van der Waals surface area contributed by atoms with Crippen LogP contribution in [-0.2, 0) is 4.79 Å². The molecule has 0 aromatic rings. The van der Waals surface area contributed by atoms with Crippen LogP contribution in [0.1, 0.15) is 46.5 Å². The third-order valence-corrected chi connectivity index (χ3v) is 3.38. The van der Waals surface area contributed by atoms with Crippen molar-refractivity contribution >= 4 is 5.91 Å². The van der Waals surface area contributed by atoms with Gasteiger partial charge >= 0.3 is 0 Å². The van der Waals surface area contributed by atoms with Crippen molar-refractivity contribution in [2.45, 2.75) is 52.5 Å². The number of piperidine rings is 1. The van der Waals surface area contributed by atoms with Gasteiger partial charge in [0.25, 0.3) is 0 Å². The second kappa shape index (κ2) is 6.89. The molecule has 94 valence electrons. The van der Waals surface area contributed by atoms with E-state index in [0.717, 1.165) is 19.5 Å². The summed E-state index contributed by atoms with van der Waals surface area (Å²) in [6.45, 7) is 8.47. The Kier molecular flexibility index (Phi) is 5.81. The average Bonchev–Trinajstić information content (AvgIpc) is 2.21. The van der Waals surface area contributed by atoms with Gasteiger partial charge < -0.3 is 10.6 Å². The molecule has 1 aliphatic heterocycles. The molecule has 1 aliphatic rings. The highest BCUT2D eigenvalue weighted by molar-refractivity contribution is 5.76. The number of amides is 1. The molecule has 3 nitrogen and oxygen atoms in total. The van der Waals surface area contributed by atoms with Gasteiger partial charge in [0.05, 0.1) is 0 Å². The van der Waals surface area contributed by atoms with Crippen molar-refractivity contribution in [3.63, 3.8) is 0 Å². The van der Waals surface area contributed by atoms with Crippen LogP contribution >= 0.6 is 0 Å². The van der Waals surface area contributed by atoms with E-state index in [9.17, 15) is 4.79 Å². The molecule has 0 aromatic carbocycles. The molecule has 1 heterocycles. The lowest BCUT2D eigenvalue weighted by atomic mass is 9.90. The van der Waals surface area contributed by atoms with E-state index in [1.807, 2.05) is 0 Å². The fourth-order valence-corrected chi connectivity index (χ4v) is 2.16. The number of nitrogens with one attached hydrogen (secondary N) is 2. The zero-order valence-corrected chi connectivity index (χ0v) is 10.9. The molecule has 2 unspecified atom stereocenters. The van der Waals surface area contributed by atoms with Crippen LogP contribution in [0.4, 0.5) is 0 Å². The molecule has 1 saturated heterocycles. The fraction of sp³-hybridized carbons (Fsp3) is 0.923. The van der Waals surface area contributed by atoms with Gasteiger partial charge in [-0.2, -0.15) is 0 Å². The van der Waals surface area contributed by atoms with Crippen molar-refractivity contribution in [3.8, 4) is 0 Å². The Morgan fingerprint density at radius 2 is 2.25 bits per heavy atom. The van der Waals surface area contributed by atoms with Crippen LogP contribution in [0, 0.1) is 11.8 Å². The van der Waals surface area contributed by atoms with Gasteiger partial charge in [0.2, 0.25) is 5.91 Å². The Bertz CT molecular complexity index is 216. The average molecular weight is 226 g/mol. The molecular formula is C13H26N2O. The molecule has 0 aliphatic carbocycles. The molecule has 0 saturated carbocycles. The molecule has 0 spiro atoms. The van der Waals surface area contributed by atoms with Crippen LogP contribution in [0.15, 0.2) is 0 Å². The molecule has 0 aromatic heterocycles. The fourth-order valence-electron chi connectivity index (χ4n) is 2.16. The molecular weight excluding hydrogens is 200 g/mol. The Morgan fingerprint density at radius 3 is 2.88 bits per heavy atom. The van der Waals surface area contributed by atoms with E-state index in [-0.39, 0.29) is 5.91 Å². The van der Waals surface area contributed by atoms with Crippen molar-refractivity contribution in [1.29, 1.82) is 0 Å². The van der Waals surface area contributed by atoms with E-state index >= 15 is 0 Å². The zero-order valence-electron chi connectivity index (χ0n) is 10.9. The first-order valence-corrected chi connectivity index (χ1v) is 6.59. The van der Waals surface area contributed by atoms with Gasteiger partial charge in [-0.15, -0.1) is 0 Å². The predicted octanol–water partition coefficient (Wildman–Crippen LogP) is 1.93. The molecule has 1 fully saturated rings. The summed E-state index contributed by atoms with van der Waals surface area (Å²) < 4.78 is 0. The van der Waals surface area contributed by atoms with Crippen LogP contribution in [0.25, 0.3) is 0 Å². The Balaban J connectivity index is 2.17. The van der Waals surface area contributed by atoms with Crippen molar-refractivity contribution in [3.05, 3.63) is 0 Å². The highest BCUT2D eigenvalue weighted by Gasteiger charge is 2.22. The summed E-state index contributed by atoms with van der Waals surface area (Å²) in [7, 11) is 0. The van der Waals surface area contributed by atoms with Crippen LogP contribution in [0.5, 0.6) is 0 Å². The number of carbonyl (C=O) groups is 1.